The molecular formula is C29H43N3O3. The van der Waals surface area contributed by atoms with Crippen LogP contribution in [-0.2, 0) is 9.59 Å². The predicted octanol–water partition coefficient (Wildman–Crippen LogP) is 4.95. The molecule has 2 amide bonds. The standard InChI is InChI=1S/C29H43N3O3/c1-6-11-20(3)19-35-25-16-14-24(15-17-25)26(18-31-29(34)27(30)21(4)7-2)32-28(33)22(5)23-12-9-8-10-13-23/h8-10,12-17,20-22,26-27H,6-7,11,18-19,30H2,1-5H3,(H,31,34)(H,32,33)/t20?,21-,22+,26-,27-/m1/s1. The van der Waals surface area contributed by atoms with Crippen LogP contribution < -0.4 is 21.1 Å². The molecule has 0 aliphatic rings. The van der Waals surface area contributed by atoms with E-state index in [4.69, 9.17) is 10.5 Å². The lowest BCUT2D eigenvalue weighted by atomic mass is 9.98. The van der Waals surface area contributed by atoms with Crippen molar-refractivity contribution < 1.29 is 14.3 Å². The molecule has 4 N–H and O–H groups in total. The highest BCUT2D eigenvalue weighted by molar-refractivity contribution is 5.84. The Morgan fingerprint density at radius 3 is 2.17 bits per heavy atom. The minimum absolute atomic E-state index is 0.0766. The number of ether oxygens (including phenoxy) is 1. The second kappa shape index (κ2) is 14.5. The van der Waals surface area contributed by atoms with Crippen molar-refractivity contribution in [2.75, 3.05) is 13.2 Å². The van der Waals surface area contributed by atoms with Gasteiger partial charge in [-0.1, -0.05) is 83.0 Å². The van der Waals surface area contributed by atoms with Crippen LogP contribution in [0.25, 0.3) is 0 Å². The fraction of sp³-hybridized carbons (Fsp3) is 0.517. The van der Waals surface area contributed by atoms with E-state index in [2.05, 4.69) is 24.5 Å². The van der Waals surface area contributed by atoms with Crippen molar-refractivity contribution in [1.82, 2.24) is 10.6 Å². The second-order valence-corrected chi connectivity index (χ2v) is 9.62. The number of benzene rings is 2. The molecule has 0 aromatic heterocycles. The molecule has 5 atom stereocenters. The fourth-order valence-corrected chi connectivity index (χ4v) is 3.89. The SMILES string of the molecule is CCCC(C)COc1ccc([C@@H](CNC(=O)[C@H](N)[C@H](C)CC)NC(=O)[C@@H](C)c2ccccc2)cc1. The van der Waals surface area contributed by atoms with E-state index >= 15 is 0 Å². The van der Waals surface area contributed by atoms with Crippen molar-refractivity contribution in [3.05, 3.63) is 65.7 Å². The highest BCUT2D eigenvalue weighted by Crippen LogP contribution is 2.21. The van der Waals surface area contributed by atoms with Crippen molar-refractivity contribution in [2.24, 2.45) is 17.6 Å². The molecule has 0 bridgehead atoms. The lowest BCUT2D eigenvalue weighted by molar-refractivity contribution is -0.125. The van der Waals surface area contributed by atoms with Gasteiger partial charge < -0.3 is 21.1 Å². The van der Waals surface area contributed by atoms with Crippen LogP contribution in [0.15, 0.2) is 54.6 Å². The van der Waals surface area contributed by atoms with E-state index in [1.165, 1.54) is 0 Å². The zero-order valence-electron chi connectivity index (χ0n) is 21.9. The average molecular weight is 482 g/mol. The zero-order valence-corrected chi connectivity index (χ0v) is 21.9. The molecular weight excluding hydrogens is 438 g/mol. The molecule has 6 nitrogen and oxygen atoms in total. The number of nitrogens with two attached hydrogens (primary N) is 1. The second-order valence-electron chi connectivity index (χ2n) is 9.62. The summed E-state index contributed by atoms with van der Waals surface area (Å²) in [6.07, 6.45) is 3.09. The van der Waals surface area contributed by atoms with Gasteiger partial charge in [0.2, 0.25) is 11.8 Å². The Balaban J connectivity index is 2.13. The van der Waals surface area contributed by atoms with Gasteiger partial charge in [0.25, 0.3) is 0 Å². The van der Waals surface area contributed by atoms with Gasteiger partial charge >= 0.3 is 0 Å². The minimum atomic E-state index is -0.583. The maximum Gasteiger partial charge on any atom is 0.237 e. The Bertz CT molecular complexity index is 901. The topological polar surface area (TPSA) is 93.4 Å². The Hall–Kier alpha value is -2.86. The van der Waals surface area contributed by atoms with Crippen molar-refractivity contribution >= 4 is 11.8 Å². The first-order valence-corrected chi connectivity index (χ1v) is 12.9. The molecule has 0 saturated carbocycles. The number of carbonyl (C=O) groups is 2. The lowest BCUT2D eigenvalue weighted by Gasteiger charge is -2.24. The van der Waals surface area contributed by atoms with Crippen LogP contribution >= 0.6 is 0 Å². The van der Waals surface area contributed by atoms with E-state index in [0.29, 0.717) is 12.5 Å². The molecule has 0 aliphatic carbocycles. The fourth-order valence-electron chi connectivity index (χ4n) is 3.89. The first-order valence-electron chi connectivity index (χ1n) is 12.9. The summed E-state index contributed by atoms with van der Waals surface area (Å²) in [4.78, 5) is 25.7. The van der Waals surface area contributed by atoms with Gasteiger partial charge in [0, 0.05) is 6.54 Å². The number of hydrogen-bond donors (Lipinski definition) is 3. The van der Waals surface area contributed by atoms with E-state index in [9.17, 15) is 9.59 Å². The normalized spacial score (nSPS) is 15.4. The molecule has 0 radical (unpaired) electrons. The summed E-state index contributed by atoms with van der Waals surface area (Å²) >= 11 is 0. The Morgan fingerprint density at radius 1 is 0.914 bits per heavy atom. The smallest absolute Gasteiger partial charge is 0.237 e. The van der Waals surface area contributed by atoms with Gasteiger partial charge in [-0.05, 0) is 48.4 Å². The van der Waals surface area contributed by atoms with Crippen LogP contribution in [-0.4, -0.2) is 31.0 Å². The van der Waals surface area contributed by atoms with Crippen LogP contribution in [0.5, 0.6) is 5.75 Å². The van der Waals surface area contributed by atoms with Crippen LogP contribution in [0.3, 0.4) is 0 Å². The summed E-state index contributed by atoms with van der Waals surface area (Å²) in [6.45, 7) is 11.1. The van der Waals surface area contributed by atoms with E-state index < -0.39 is 12.1 Å². The maximum atomic E-state index is 13.1. The first kappa shape index (κ1) is 28.4. The molecule has 35 heavy (non-hydrogen) atoms. The molecule has 2 aromatic carbocycles. The molecule has 0 saturated heterocycles. The number of amides is 2. The Labute approximate surface area is 211 Å². The van der Waals surface area contributed by atoms with Gasteiger partial charge in [0.15, 0.2) is 0 Å². The molecule has 0 fully saturated rings. The van der Waals surface area contributed by atoms with Crippen molar-refractivity contribution in [3.63, 3.8) is 0 Å². The van der Waals surface area contributed by atoms with Gasteiger partial charge in [0.1, 0.15) is 5.75 Å². The molecule has 6 heteroatoms. The first-order chi connectivity index (χ1) is 16.8. The largest absolute Gasteiger partial charge is 0.493 e. The van der Waals surface area contributed by atoms with Crippen molar-refractivity contribution in [2.45, 2.75) is 71.9 Å². The Kier molecular flexibility index (Phi) is 11.8. The zero-order chi connectivity index (χ0) is 25.8. The molecule has 192 valence electrons. The van der Waals surface area contributed by atoms with E-state index in [0.717, 1.165) is 36.1 Å². The van der Waals surface area contributed by atoms with Gasteiger partial charge in [-0.3, -0.25) is 9.59 Å². The number of rotatable bonds is 14. The number of nitrogens with one attached hydrogen (secondary N) is 2. The number of carbonyl (C=O) groups excluding carboxylic acids is 2. The van der Waals surface area contributed by atoms with Gasteiger partial charge in [0.05, 0.1) is 24.6 Å². The maximum absolute atomic E-state index is 13.1. The molecule has 0 heterocycles. The summed E-state index contributed by atoms with van der Waals surface area (Å²) in [6, 6.07) is 16.4. The van der Waals surface area contributed by atoms with Gasteiger partial charge in [-0.25, -0.2) is 0 Å². The summed E-state index contributed by atoms with van der Waals surface area (Å²) in [7, 11) is 0. The summed E-state index contributed by atoms with van der Waals surface area (Å²) in [5, 5.41) is 6.06. The Morgan fingerprint density at radius 2 is 1.57 bits per heavy atom. The quantitative estimate of drug-likeness (QED) is 0.356. The van der Waals surface area contributed by atoms with Crippen LogP contribution in [0, 0.1) is 11.8 Å². The lowest BCUT2D eigenvalue weighted by Crippen LogP contribution is -2.47. The van der Waals surface area contributed by atoms with E-state index in [-0.39, 0.29) is 30.2 Å². The molecule has 2 rings (SSSR count). The molecule has 0 aliphatic heterocycles. The predicted molar refractivity (Wildman–Crippen MR) is 142 cm³/mol. The molecule has 1 unspecified atom stereocenters. The third-order valence-corrected chi connectivity index (χ3v) is 6.65. The monoisotopic (exact) mass is 481 g/mol. The third kappa shape index (κ3) is 9.02. The van der Waals surface area contributed by atoms with Gasteiger partial charge in [-0.2, -0.15) is 0 Å². The van der Waals surface area contributed by atoms with Crippen LogP contribution in [0.2, 0.25) is 0 Å². The highest BCUT2D eigenvalue weighted by atomic mass is 16.5. The number of hydrogen-bond acceptors (Lipinski definition) is 4. The summed E-state index contributed by atoms with van der Waals surface area (Å²) in [5.74, 6) is 0.737. The summed E-state index contributed by atoms with van der Waals surface area (Å²) in [5.41, 5.74) is 7.94. The van der Waals surface area contributed by atoms with Crippen LogP contribution in [0.4, 0.5) is 0 Å². The third-order valence-electron chi connectivity index (χ3n) is 6.65. The molecule has 0 spiro atoms. The van der Waals surface area contributed by atoms with E-state index in [1.807, 2.05) is 75.4 Å². The average Bonchev–Trinajstić information content (AvgIpc) is 2.89. The van der Waals surface area contributed by atoms with E-state index in [1.54, 1.807) is 0 Å². The van der Waals surface area contributed by atoms with Crippen molar-refractivity contribution in [1.29, 1.82) is 0 Å². The highest BCUT2D eigenvalue weighted by Gasteiger charge is 2.24. The van der Waals surface area contributed by atoms with Gasteiger partial charge in [-0.15, -0.1) is 0 Å². The minimum Gasteiger partial charge on any atom is -0.493 e. The molecule has 2 aromatic rings. The van der Waals surface area contributed by atoms with Crippen LogP contribution in [0.1, 0.15) is 77.0 Å². The summed E-state index contributed by atoms with van der Waals surface area (Å²) < 4.78 is 5.93. The van der Waals surface area contributed by atoms with Crippen molar-refractivity contribution in [3.8, 4) is 5.75 Å².